The van der Waals surface area contributed by atoms with Gasteiger partial charge in [-0.15, -0.1) is 0 Å². The van der Waals surface area contributed by atoms with E-state index in [2.05, 4.69) is 9.71 Å². The molecule has 0 amide bonds. The lowest BCUT2D eigenvalue weighted by atomic mass is 10.2. The zero-order chi connectivity index (χ0) is 15.2. The molecule has 112 valence electrons. The summed E-state index contributed by atoms with van der Waals surface area (Å²) in [7, 11) is -4.00. The van der Waals surface area contributed by atoms with Crippen molar-refractivity contribution in [3.63, 3.8) is 0 Å². The number of carboxylic acid groups (broad SMARTS) is 1. The summed E-state index contributed by atoms with van der Waals surface area (Å²) in [4.78, 5) is 14.6. The molecule has 0 fully saturated rings. The van der Waals surface area contributed by atoms with Crippen molar-refractivity contribution in [2.24, 2.45) is 0 Å². The van der Waals surface area contributed by atoms with Crippen LogP contribution in [0.25, 0.3) is 0 Å². The van der Waals surface area contributed by atoms with E-state index < -0.39 is 22.0 Å². The topological polar surface area (TPSA) is 106 Å². The lowest BCUT2D eigenvalue weighted by Crippen LogP contribution is -2.40. The Kier molecular flexibility index (Phi) is 5.90. The summed E-state index contributed by atoms with van der Waals surface area (Å²) in [6, 6.07) is 0.257. The molecule has 2 N–H and O–H groups in total. The fraction of sp³-hybridized carbons (Fsp3) is 0.500. The standard InChI is InChI=1S/C12H18N2O5S/c1-3-5-9(12(15)16)14-20(17,18)11-8-13-7-6-10(11)19-4-2/h6-9,14H,3-5H2,1-2H3,(H,15,16). The Morgan fingerprint density at radius 3 is 2.75 bits per heavy atom. The summed E-state index contributed by atoms with van der Waals surface area (Å²) in [5.41, 5.74) is 0. The highest BCUT2D eigenvalue weighted by molar-refractivity contribution is 7.89. The first-order chi connectivity index (χ1) is 9.42. The van der Waals surface area contributed by atoms with Crippen molar-refractivity contribution in [2.45, 2.75) is 37.6 Å². The molecule has 1 atom stereocenters. The minimum Gasteiger partial charge on any atom is -0.492 e. The molecule has 0 spiro atoms. The molecule has 1 unspecified atom stereocenters. The highest BCUT2D eigenvalue weighted by Crippen LogP contribution is 2.22. The third-order valence-corrected chi connectivity index (χ3v) is 3.99. The van der Waals surface area contributed by atoms with Gasteiger partial charge in [-0.3, -0.25) is 9.78 Å². The number of ether oxygens (including phenoxy) is 1. The number of sulfonamides is 1. The Bertz CT molecular complexity index is 559. The summed E-state index contributed by atoms with van der Waals surface area (Å²) in [6.07, 6.45) is 3.30. The molecular weight excluding hydrogens is 284 g/mol. The minimum absolute atomic E-state index is 0.149. The quantitative estimate of drug-likeness (QED) is 0.742. The lowest BCUT2D eigenvalue weighted by molar-refractivity contribution is -0.139. The van der Waals surface area contributed by atoms with Crippen molar-refractivity contribution in [1.29, 1.82) is 0 Å². The van der Waals surface area contributed by atoms with Gasteiger partial charge in [0.1, 0.15) is 16.7 Å². The number of nitrogens with zero attached hydrogens (tertiary/aromatic N) is 1. The molecule has 0 radical (unpaired) electrons. The predicted molar refractivity (Wildman–Crippen MR) is 72.1 cm³/mol. The maximum absolute atomic E-state index is 12.2. The van der Waals surface area contributed by atoms with E-state index >= 15 is 0 Å². The van der Waals surface area contributed by atoms with E-state index in [1.54, 1.807) is 13.8 Å². The van der Waals surface area contributed by atoms with Crippen molar-refractivity contribution in [3.8, 4) is 5.75 Å². The Morgan fingerprint density at radius 2 is 2.20 bits per heavy atom. The van der Waals surface area contributed by atoms with E-state index in [0.717, 1.165) is 6.20 Å². The Hall–Kier alpha value is -1.67. The summed E-state index contributed by atoms with van der Waals surface area (Å²) >= 11 is 0. The fourth-order valence-corrected chi connectivity index (χ4v) is 2.93. The third-order valence-electron chi connectivity index (χ3n) is 2.51. The summed E-state index contributed by atoms with van der Waals surface area (Å²) in [5.74, 6) is -1.06. The summed E-state index contributed by atoms with van der Waals surface area (Å²) < 4.78 is 31.8. The minimum atomic E-state index is -4.00. The highest BCUT2D eigenvalue weighted by Gasteiger charge is 2.27. The number of aromatic nitrogens is 1. The molecule has 0 aliphatic heterocycles. The molecule has 8 heteroatoms. The lowest BCUT2D eigenvalue weighted by Gasteiger charge is -2.15. The van der Waals surface area contributed by atoms with Crippen LogP contribution in [0.3, 0.4) is 0 Å². The van der Waals surface area contributed by atoms with Gasteiger partial charge in [-0.05, 0) is 19.4 Å². The van der Waals surface area contributed by atoms with Gasteiger partial charge >= 0.3 is 5.97 Å². The molecule has 0 bridgehead atoms. The molecule has 1 aromatic heterocycles. The zero-order valence-corrected chi connectivity index (χ0v) is 12.2. The fourth-order valence-electron chi connectivity index (χ4n) is 1.62. The van der Waals surface area contributed by atoms with Gasteiger partial charge in [0.25, 0.3) is 0 Å². The number of aliphatic carboxylic acids is 1. The first-order valence-corrected chi connectivity index (χ1v) is 7.72. The van der Waals surface area contributed by atoms with Gasteiger partial charge in [0, 0.05) is 6.20 Å². The largest absolute Gasteiger partial charge is 0.492 e. The molecule has 0 aliphatic rings. The summed E-state index contributed by atoms with van der Waals surface area (Å²) in [6.45, 7) is 3.80. The van der Waals surface area contributed by atoms with Crippen LogP contribution in [0.2, 0.25) is 0 Å². The average Bonchev–Trinajstić information content (AvgIpc) is 2.39. The molecule has 1 heterocycles. The van der Waals surface area contributed by atoms with Crippen LogP contribution in [0.1, 0.15) is 26.7 Å². The number of carbonyl (C=O) groups is 1. The van der Waals surface area contributed by atoms with Gasteiger partial charge in [0.05, 0.1) is 12.8 Å². The maximum Gasteiger partial charge on any atom is 0.321 e. The van der Waals surface area contributed by atoms with Gasteiger partial charge in [-0.2, -0.15) is 4.72 Å². The molecule has 1 rings (SSSR count). The molecule has 20 heavy (non-hydrogen) atoms. The first-order valence-electron chi connectivity index (χ1n) is 6.24. The van der Waals surface area contributed by atoms with E-state index in [9.17, 15) is 13.2 Å². The van der Waals surface area contributed by atoms with Crippen LogP contribution in [0.5, 0.6) is 5.75 Å². The number of pyridine rings is 1. The van der Waals surface area contributed by atoms with Crippen LogP contribution in [0.4, 0.5) is 0 Å². The smallest absolute Gasteiger partial charge is 0.321 e. The van der Waals surface area contributed by atoms with Gasteiger partial charge in [-0.25, -0.2) is 8.42 Å². The molecule has 0 saturated carbocycles. The second-order valence-electron chi connectivity index (χ2n) is 4.06. The van der Waals surface area contributed by atoms with Crippen LogP contribution >= 0.6 is 0 Å². The molecular formula is C12H18N2O5S. The zero-order valence-electron chi connectivity index (χ0n) is 11.4. The second kappa shape index (κ2) is 7.20. The van der Waals surface area contributed by atoms with Crippen LogP contribution in [-0.2, 0) is 14.8 Å². The van der Waals surface area contributed by atoms with Gasteiger partial charge in [-0.1, -0.05) is 13.3 Å². The van der Waals surface area contributed by atoms with Crippen LogP contribution in [0, 0.1) is 0 Å². The Morgan fingerprint density at radius 1 is 1.50 bits per heavy atom. The average molecular weight is 302 g/mol. The van der Waals surface area contributed by atoms with E-state index in [1.807, 2.05) is 0 Å². The summed E-state index contributed by atoms with van der Waals surface area (Å²) in [5, 5.41) is 9.01. The maximum atomic E-state index is 12.2. The number of rotatable bonds is 8. The van der Waals surface area contributed by atoms with Gasteiger partial charge < -0.3 is 9.84 Å². The third kappa shape index (κ3) is 4.17. The van der Waals surface area contributed by atoms with Gasteiger partial charge in [0.15, 0.2) is 0 Å². The number of nitrogens with one attached hydrogen (secondary N) is 1. The highest BCUT2D eigenvalue weighted by atomic mass is 32.2. The molecule has 7 nitrogen and oxygen atoms in total. The molecule has 0 saturated heterocycles. The predicted octanol–water partition coefficient (Wildman–Crippen LogP) is 1.01. The number of hydrogen-bond acceptors (Lipinski definition) is 5. The second-order valence-corrected chi connectivity index (χ2v) is 5.74. The van der Waals surface area contributed by atoms with Crippen LogP contribution in [0.15, 0.2) is 23.4 Å². The van der Waals surface area contributed by atoms with Crippen LogP contribution in [-0.4, -0.2) is 37.1 Å². The molecule has 1 aromatic rings. The van der Waals surface area contributed by atoms with Crippen LogP contribution < -0.4 is 9.46 Å². The Labute approximate surface area is 118 Å². The van der Waals surface area contributed by atoms with Crippen molar-refractivity contribution >= 4 is 16.0 Å². The normalized spacial score (nSPS) is 12.9. The first kappa shape index (κ1) is 16.4. The molecule has 0 aliphatic carbocycles. The van der Waals surface area contributed by atoms with Crippen molar-refractivity contribution in [3.05, 3.63) is 18.5 Å². The van der Waals surface area contributed by atoms with Crippen molar-refractivity contribution in [1.82, 2.24) is 9.71 Å². The monoisotopic (exact) mass is 302 g/mol. The van der Waals surface area contributed by atoms with Crippen molar-refractivity contribution in [2.75, 3.05) is 6.61 Å². The Balaban J connectivity index is 3.07. The number of carboxylic acids is 1. The van der Waals surface area contributed by atoms with Crippen molar-refractivity contribution < 1.29 is 23.1 Å². The van der Waals surface area contributed by atoms with E-state index in [4.69, 9.17) is 9.84 Å². The van der Waals surface area contributed by atoms with E-state index in [1.165, 1.54) is 12.3 Å². The SMILES string of the molecule is CCCC(NS(=O)(=O)c1cnccc1OCC)C(=O)O. The van der Waals surface area contributed by atoms with Gasteiger partial charge in [0.2, 0.25) is 10.0 Å². The van der Waals surface area contributed by atoms with E-state index in [0.29, 0.717) is 13.0 Å². The molecule has 0 aromatic carbocycles. The number of hydrogen-bond donors (Lipinski definition) is 2. The van der Waals surface area contributed by atoms with E-state index in [-0.39, 0.29) is 17.1 Å².